The molecule has 1 saturated heterocycles. The van der Waals surface area contributed by atoms with E-state index in [9.17, 15) is 14.7 Å². The SMILES string of the molecule is CCOc1cc([C@@H]2/C(=C(\O)c3ccc4c(c3)OCCO4)C(=O)C(=O)N2c2nnc(SCc3ccc(Cl)cc3)s2)ccc1OCc1ccccc1. The minimum absolute atomic E-state index is 0.113. The molecule has 3 heterocycles. The first-order chi connectivity index (χ1) is 24.4. The number of carbonyl (C=O) groups excluding carboxylic acids is 2. The third kappa shape index (κ3) is 7.00. The minimum Gasteiger partial charge on any atom is -0.507 e. The Labute approximate surface area is 301 Å². The van der Waals surface area contributed by atoms with Gasteiger partial charge in [0.2, 0.25) is 5.13 Å². The number of ether oxygens (including phenoxy) is 4. The van der Waals surface area contributed by atoms with Gasteiger partial charge in [0.25, 0.3) is 5.78 Å². The van der Waals surface area contributed by atoms with Gasteiger partial charge in [0.15, 0.2) is 27.3 Å². The molecule has 1 aromatic heterocycles. The summed E-state index contributed by atoms with van der Waals surface area (Å²) in [7, 11) is 0. The van der Waals surface area contributed by atoms with Crippen LogP contribution in [0.4, 0.5) is 5.13 Å². The van der Waals surface area contributed by atoms with Gasteiger partial charge in [-0.05, 0) is 66.1 Å². The second kappa shape index (κ2) is 14.8. The first-order valence-corrected chi connectivity index (χ1v) is 17.9. The minimum atomic E-state index is -1.06. The van der Waals surface area contributed by atoms with Gasteiger partial charge >= 0.3 is 5.91 Å². The fourth-order valence-electron chi connectivity index (χ4n) is 5.59. The lowest BCUT2D eigenvalue weighted by Gasteiger charge is -2.24. The van der Waals surface area contributed by atoms with Crippen LogP contribution in [0, 0.1) is 0 Å². The molecule has 0 saturated carbocycles. The van der Waals surface area contributed by atoms with Gasteiger partial charge in [-0.25, -0.2) is 0 Å². The number of carbonyl (C=O) groups is 2. The zero-order valence-corrected chi connectivity index (χ0v) is 29.1. The van der Waals surface area contributed by atoms with Crippen molar-refractivity contribution in [2.24, 2.45) is 0 Å². The Morgan fingerprint density at radius 3 is 2.48 bits per heavy atom. The zero-order chi connectivity index (χ0) is 34.6. The fraction of sp³-hybridized carbons (Fsp3) is 0.189. The Hall–Kier alpha value is -5.04. The monoisotopic (exact) mass is 727 g/mol. The first-order valence-electron chi connectivity index (χ1n) is 15.7. The third-order valence-corrected chi connectivity index (χ3v) is 10.3. The number of fused-ring (bicyclic) bond motifs is 1. The lowest BCUT2D eigenvalue weighted by Crippen LogP contribution is -2.29. The van der Waals surface area contributed by atoms with E-state index >= 15 is 0 Å². The van der Waals surface area contributed by atoms with E-state index in [4.69, 9.17) is 30.5 Å². The number of hydrogen-bond acceptors (Lipinski definition) is 11. The van der Waals surface area contributed by atoms with Gasteiger partial charge in [-0.2, -0.15) is 0 Å². The Kier molecular flexibility index (Phi) is 9.92. The number of aliphatic hydroxyl groups excluding tert-OH is 1. The Bertz CT molecular complexity index is 2070. The predicted molar refractivity (Wildman–Crippen MR) is 192 cm³/mol. The molecule has 0 aliphatic carbocycles. The topological polar surface area (TPSA) is 120 Å². The average Bonchev–Trinajstić information content (AvgIpc) is 3.72. The second-order valence-electron chi connectivity index (χ2n) is 11.2. The summed E-state index contributed by atoms with van der Waals surface area (Å²) in [5.41, 5.74) is 2.70. The molecule has 5 aromatic rings. The maximum Gasteiger partial charge on any atom is 0.301 e. The Balaban J connectivity index is 1.28. The lowest BCUT2D eigenvalue weighted by atomic mass is 9.95. The molecule has 0 radical (unpaired) electrons. The Morgan fingerprint density at radius 2 is 1.70 bits per heavy atom. The molecule has 0 unspecified atom stereocenters. The predicted octanol–water partition coefficient (Wildman–Crippen LogP) is 7.86. The molecule has 0 spiro atoms. The number of amides is 1. The van der Waals surface area contributed by atoms with Gasteiger partial charge < -0.3 is 24.1 Å². The van der Waals surface area contributed by atoms with Crippen LogP contribution in [0.3, 0.4) is 0 Å². The number of aromatic nitrogens is 2. The maximum atomic E-state index is 13.9. The Morgan fingerprint density at radius 1 is 0.920 bits per heavy atom. The number of aliphatic hydroxyl groups is 1. The van der Waals surface area contributed by atoms with Crippen LogP contribution in [0.25, 0.3) is 5.76 Å². The van der Waals surface area contributed by atoms with Gasteiger partial charge in [-0.1, -0.05) is 83.2 Å². The van der Waals surface area contributed by atoms with E-state index < -0.39 is 17.7 Å². The molecular formula is C37H30ClN3O7S2. The van der Waals surface area contributed by atoms with E-state index in [1.54, 1.807) is 36.4 Å². The molecule has 2 aliphatic heterocycles. The highest BCUT2D eigenvalue weighted by molar-refractivity contribution is 8.00. The number of hydrogen-bond donors (Lipinski definition) is 1. The van der Waals surface area contributed by atoms with Crippen molar-refractivity contribution in [3.8, 4) is 23.0 Å². The van der Waals surface area contributed by atoms with E-state index in [1.165, 1.54) is 28.0 Å². The van der Waals surface area contributed by atoms with E-state index in [-0.39, 0.29) is 16.5 Å². The van der Waals surface area contributed by atoms with Crippen LogP contribution in [-0.4, -0.2) is 46.8 Å². The summed E-state index contributed by atoms with van der Waals surface area (Å²) in [5.74, 6) is 0.378. The third-order valence-electron chi connectivity index (χ3n) is 7.96. The zero-order valence-electron chi connectivity index (χ0n) is 26.7. The summed E-state index contributed by atoms with van der Waals surface area (Å²) < 4.78 is 24.1. The van der Waals surface area contributed by atoms with Gasteiger partial charge in [0, 0.05) is 16.3 Å². The van der Waals surface area contributed by atoms with Crippen molar-refractivity contribution < 1.29 is 33.6 Å². The van der Waals surface area contributed by atoms with Gasteiger partial charge in [-0.15, -0.1) is 10.2 Å². The summed E-state index contributed by atoms with van der Waals surface area (Å²) in [4.78, 5) is 29.0. The highest BCUT2D eigenvalue weighted by Gasteiger charge is 2.48. The van der Waals surface area contributed by atoms with Crippen LogP contribution in [0.5, 0.6) is 23.0 Å². The summed E-state index contributed by atoms with van der Waals surface area (Å²) in [6.45, 7) is 3.25. The molecule has 2 aliphatic rings. The van der Waals surface area contributed by atoms with E-state index in [0.29, 0.717) is 75.7 Å². The molecule has 1 atom stereocenters. The van der Waals surface area contributed by atoms with Gasteiger partial charge in [0.05, 0.1) is 18.2 Å². The van der Waals surface area contributed by atoms with E-state index in [1.807, 2.05) is 61.5 Å². The largest absolute Gasteiger partial charge is 0.507 e. The van der Waals surface area contributed by atoms with Crippen molar-refractivity contribution in [3.63, 3.8) is 0 Å². The first kappa shape index (κ1) is 33.5. The highest BCUT2D eigenvalue weighted by atomic mass is 35.5. The van der Waals surface area contributed by atoms with Crippen LogP contribution < -0.4 is 23.8 Å². The summed E-state index contributed by atoms with van der Waals surface area (Å²) >= 11 is 8.66. The molecule has 4 aromatic carbocycles. The fourth-order valence-corrected chi connectivity index (χ4v) is 7.54. The number of nitrogens with zero attached hydrogens (tertiary/aromatic N) is 3. The average molecular weight is 728 g/mol. The maximum absolute atomic E-state index is 13.9. The molecule has 1 amide bonds. The van der Waals surface area contributed by atoms with Gasteiger partial charge in [-0.3, -0.25) is 14.5 Å². The number of Topliss-reactive ketones (excluding diaryl/α,β-unsaturated/α-hetero) is 1. The standard InChI is InChI=1S/C37H30ClN3O7S2/c1-2-45-29-18-24(10-14-28(29)48-20-22-6-4-3-5-7-22)32-31(33(42)25-11-15-27-30(19-25)47-17-16-46-27)34(43)35(44)41(32)36-39-40-37(50-36)49-21-23-8-12-26(38)13-9-23/h3-15,18-19,32,42H,2,16-17,20-21H2,1H3/b33-31+/t32-/m1/s1. The van der Waals surface area contributed by atoms with Crippen molar-refractivity contribution >= 4 is 57.3 Å². The number of halogens is 1. The number of rotatable bonds is 11. The smallest absolute Gasteiger partial charge is 0.301 e. The van der Waals surface area contributed by atoms with Crippen molar-refractivity contribution in [2.45, 2.75) is 29.7 Å². The summed E-state index contributed by atoms with van der Waals surface area (Å²) in [6.07, 6.45) is 0. The normalized spacial score (nSPS) is 16.4. The summed E-state index contributed by atoms with van der Waals surface area (Å²) in [6, 6.07) is 26.2. The molecule has 50 heavy (non-hydrogen) atoms. The molecule has 254 valence electrons. The lowest BCUT2D eigenvalue weighted by molar-refractivity contribution is -0.132. The summed E-state index contributed by atoms with van der Waals surface area (Å²) in [5, 5.41) is 21.3. The number of benzene rings is 4. The molecule has 7 rings (SSSR count). The van der Waals surface area contributed by atoms with Gasteiger partial charge in [0.1, 0.15) is 25.6 Å². The number of anilines is 1. The van der Waals surface area contributed by atoms with E-state index in [0.717, 1.165) is 11.1 Å². The molecule has 1 N–H and O–H groups in total. The number of thioether (sulfide) groups is 1. The molecular weight excluding hydrogens is 698 g/mol. The second-order valence-corrected chi connectivity index (χ2v) is 13.8. The molecule has 10 nitrogen and oxygen atoms in total. The van der Waals surface area contributed by atoms with Crippen LogP contribution in [0.2, 0.25) is 5.02 Å². The van der Waals surface area contributed by atoms with E-state index in [2.05, 4.69) is 10.2 Å². The van der Waals surface area contributed by atoms with Crippen LogP contribution in [0.1, 0.15) is 35.2 Å². The van der Waals surface area contributed by atoms with Crippen molar-refractivity contribution in [2.75, 3.05) is 24.7 Å². The quantitative estimate of drug-likeness (QED) is 0.0473. The number of ketones is 1. The highest BCUT2D eigenvalue weighted by Crippen LogP contribution is 2.46. The van der Waals surface area contributed by atoms with Crippen LogP contribution >= 0.6 is 34.7 Å². The van der Waals surface area contributed by atoms with Crippen molar-refractivity contribution in [1.29, 1.82) is 0 Å². The molecule has 0 bridgehead atoms. The van der Waals surface area contributed by atoms with Crippen LogP contribution in [-0.2, 0) is 21.9 Å². The van der Waals surface area contributed by atoms with Crippen molar-refractivity contribution in [1.82, 2.24) is 10.2 Å². The van der Waals surface area contributed by atoms with Crippen LogP contribution in [0.15, 0.2) is 101 Å². The molecule has 1 fully saturated rings. The van der Waals surface area contributed by atoms with Crippen molar-refractivity contribution in [3.05, 3.63) is 124 Å². The molecule has 13 heteroatoms.